The van der Waals surface area contributed by atoms with Crippen LogP contribution >= 0.6 is 0 Å². The van der Waals surface area contributed by atoms with Crippen molar-refractivity contribution in [3.05, 3.63) is 23.3 Å². The van der Waals surface area contributed by atoms with Crippen molar-refractivity contribution in [2.45, 2.75) is 96.6 Å². The second-order valence-electron chi connectivity index (χ2n) is 11.8. The number of aliphatic hydroxyl groups is 4. The number of carbonyl (C=O) groups excluding carboxylic acids is 3. The van der Waals surface area contributed by atoms with Gasteiger partial charge in [0.1, 0.15) is 37.1 Å². The Morgan fingerprint density at radius 3 is 2.46 bits per heavy atom. The summed E-state index contributed by atoms with van der Waals surface area (Å²) < 4.78 is 21.8. The maximum Gasteiger partial charge on any atom is 0.336 e. The summed E-state index contributed by atoms with van der Waals surface area (Å²) in [7, 11) is 0. The molecule has 0 amide bonds. The summed E-state index contributed by atoms with van der Waals surface area (Å²) >= 11 is 0. The van der Waals surface area contributed by atoms with Gasteiger partial charge in [-0.2, -0.15) is 0 Å². The van der Waals surface area contributed by atoms with Crippen LogP contribution in [0.25, 0.3) is 0 Å². The van der Waals surface area contributed by atoms with Crippen molar-refractivity contribution in [2.75, 3.05) is 13.2 Å². The molecule has 2 aliphatic carbocycles. The normalized spacial score (nSPS) is 42.1. The van der Waals surface area contributed by atoms with Gasteiger partial charge in [0, 0.05) is 24.0 Å². The van der Waals surface area contributed by atoms with E-state index in [2.05, 4.69) is 13.8 Å². The van der Waals surface area contributed by atoms with Crippen LogP contribution in [0.4, 0.5) is 0 Å². The number of rotatable bonds is 7. The summed E-state index contributed by atoms with van der Waals surface area (Å²) in [4.78, 5) is 37.3. The molecule has 1 saturated carbocycles. The maximum atomic E-state index is 13.6. The van der Waals surface area contributed by atoms with Gasteiger partial charge >= 0.3 is 17.9 Å². The Hall–Kier alpha value is -2.31. The Bertz CT molecular complexity index is 1030. The van der Waals surface area contributed by atoms with E-state index >= 15 is 0 Å². The fraction of sp³-hybridized carbons (Fsp3) is 0.750. The quantitative estimate of drug-likeness (QED) is 0.262. The van der Waals surface area contributed by atoms with Gasteiger partial charge in [0.05, 0.1) is 6.61 Å². The van der Waals surface area contributed by atoms with Crippen molar-refractivity contribution in [2.24, 2.45) is 22.7 Å². The van der Waals surface area contributed by atoms with Gasteiger partial charge in [0.25, 0.3) is 0 Å². The van der Waals surface area contributed by atoms with Crippen LogP contribution in [0.5, 0.6) is 0 Å². The lowest BCUT2D eigenvalue weighted by molar-refractivity contribution is -0.292. The van der Waals surface area contributed by atoms with Gasteiger partial charge in [-0.3, -0.25) is 4.79 Å². The van der Waals surface area contributed by atoms with Crippen LogP contribution in [-0.4, -0.2) is 88.4 Å². The summed E-state index contributed by atoms with van der Waals surface area (Å²) in [5.74, 6) is -1.57. The van der Waals surface area contributed by atoms with Gasteiger partial charge in [0.2, 0.25) is 6.29 Å². The molecule has 0 aromatic heterocycles. The van der Waals surface area contributed by atoms with Crippen molar-refractivity contribution < 1.29 is 53.8 Å². The molecule has 2 fully saturated rings. The molecule has 39 heavy (non-hydrogen) atoms. The molecule has 0 aromatic carbocycles. The number of esters is 3. The van der Waals surface area contributed by atoms with Crippen LogP contribution in [0.1, 0.15) is 59.8 Å². The zero-order valence-corrected chi connectivity index (χ0v) is 22.9. The highest BCUT2D eigenvalue weighted by atomic mass is 16.7. The third-order valence-corrected chi connectivity index (χ3v) is 9.52. The SMILES string of the molecule is CC(=O)O[C@H]1C[C@@]2(C)C(C(=O)O[C@@H]3O[C@H](CO)[C@@H](O)[C@H](O)[C@H]3O)=CCC[C@@H]2[C@@](C)(CCC2=CC(=O)OC2)[C@@H]1C. The molecular formula is C28H40O11. The predicted molar refractivity (Wildman–Crippen MR) is 134 cm³/mol. The Morgan fingerprint density at radius 2 is 1.85 bits per heavy atom. The van der Waals surface area contributed by atoms with Crippen LogP contribution < -0.4 is 0 Å². The third kappa shape index (κ3) is 5.52. The van der Waals surface area contributed by atoms with E-state index in [1.807, 2.05) is 6.92 Å². The van der Waals surface area contributed by atoms with Crippen molar-refractivity contribution in [1.29, 1.82) is 0 Å². The van der Waals surface area contributed by atoms with Crippen molar-refractivity contribution in [3.8, 4) is 0 Å². The first-order valence-corrected chi connectivity index (χ1v) is 13.6. The molecule has 0 radical (unpaired) electrons. The lowest BCUT2D eigenvalue weighted by Crippen LogP contribution is -2.60. The molecule has 2 aliphatic heterocycles. The zero-order chi connectivity index (χ0) is 28.7. The molecule has 2 heterocycles. The Kier molecular flexibility index (Phi) is 8.58. The fourth-order valence-corrected chi connectivity index (χ4v) is 7.18. The van der Waals surface area contributed by atoms with Gasteiger partial charge < -0.3 is 39.4 Å². The fourth-order valence-electron chi connectivity index (χ4n) is 7.18. The lowest BCUT2D eigenvalue weighted by Gasteiger charge is -2.59. The summed E-state index contributed by atoms with van der Waals surface area (Å²) in [5.41, 5.74) is 0.118. The molecule has 11 nitrogen and oxygen atoms in total. The van der Waals surface area contributed by atoms with E-state index in [-0.39, 0.29) is 29.8 Å². The number of cyclic esters (lactones) is 1. The summed E-state index contributed by atoms with van der Waals surface area (Å²) in [5, 5.41) is 40.1. The third-order valence-electron chi connectivity index (χ3n) is 9.52. The highest BCUT2D eigenvalue weighted by Gasteiger charge is 2.60. The first kappa shape index (κ1) is 29.7. The molecule has 0 unspecified atom stereocenters. The Balaban J connectivity index is 1.62. The van der Waals surface area contributed by atoms with Gasteiger partial charge in [-0.05, 0) is 54.9 Å². The first-order valence-electron chi connectivity index (χ1n) is 13.6. The maximum absolute atomic E-state index is 13.6. The molecule has 4 N–H and O–H groups in total. The second kappa shape index (κ2) is 11.3. The molecule has 0 aromatic rings. The van der Waals surface area contributed by atoms with E-state index in [0.29, 0.717) is 31.3 Å². The molecule has 0 bridgehead atoms. The molecular weight excluding hydrogens is 512 g/mol. The summed E-state index contributed by atoms with van der Waals surface area (Å²) in [6, 6.07) is 0. The van der Waals surface area contributed by atoms with Crippen LogP contribution in [0.15, 0.2) is 23.3 Å². The van der Waals surface area contributed by atoms with E-state index in [0.717, 1.165) is 12.0 Å². The molecule has 10 atom stereocenters. The standard InChI is InChI=1S/C28H40O11/c1-14-18(37-15(2)30)11-28(4)17(25(35)39-26-24(34)23(33)22(32)19(12-29)38-26)6-5-7-20(28)27(14,3)9-8-16-10-21(31)36-13-16/h6,10,14,18-20,22-24,26,29,32-34H,5,7-9,11-13H2,1-4H3/t14-,18+,19-,20-,22-,23+,24-,26+,27+,28+/m1/s1. The highest BCUT2D eigenvalue weighted by Crippen LogP contribution is 2.62. The number of aliphatic hydroxyl groups excluding tert-OH is 4. The molecule has 4 aliphatic rings. The highest BCUT2D eigenvalue weighted by molar-refractivity contribution is 5.90. The van der Waals surface area contributed by atoms with E-state index in [4.69, 9.17) is 18.9 Å². The molecule has 218 valence electrons. The number of hydrogen-bond acceptors (Lipinski definition) is 11. The predicted octanol–water partition coefficient (Wildman–Crippen LogP) is 0.913. The topological polar surface area (TPSA) is 169 Å². The second-order valence-corrected chi connectivity index (χ2v) is 11.8. The molecule has 4 rings (SSSR count). The monoisotopic (exact) mass is 552 g/mol. The van der Waals surface area contributed by atoms with E-state index in [1.165, 1.54) is 13.0 Å². The van der Waals surface area contributed by atoms with Crippen molar-refractivity contribution in [1.82, 2.24) is 0 Å². The van der Waals surface area contributed by atoms with Gasteiger partial charge in [0.15, 0.2) is 0 Å². The van der Waals surface area contributed by atoms with Crippen LogP contribution in [-0.2, 0) is 33.3 Å². The molecule has 0 spiro atoms. The van der Waals surface area contributed by atoms with Crippen LogP contribution in [0.2, 0.25) is 0 Å². The minimum Gasteiger partial charge on any atom is -0.462 e. The summed E-state index contributed by atoms with van der Waals surface area (Å²) in [6.07, 6.45) is -1.85. The minimum absolute atomic E-state index is 0.00668. The van der Waals surface area contributed by atoms with Crippen molar-refractivity contribution in [3.63, 3.8) is 0 Å². The van der Waals surface area contributed by atoms with Crippen LogP contribution in [0, 0.1) is 22.7 Å². The Morgan fingerprint density at radius 1 is 1.13 bits per heavy atom. The number of hydrogen-bond donors (Lipinski definition) is 4. The zero-order valence-electron chi connectivity index (χ0n) is 22.9. The van der Waals surface area contributed by atoms with E-state index in [1.54, 1.807) is 6.08 Å². The minimum atomic E-state index is -1.71. The summed E-state index contributed by atoms with van der Waals surface area (Å²) in [6.45, 7) is 7.13. The smallest absolute Gasteiger partial charge is 0.336 e. The van der Waals surface area contributed by atoms with Crippen molar-refractivity contribution >= 4 is 17.9 Å². The number of carbonyl (C=O) groups is 3. The van der Waals surface area contributed by atoms with Crippen LogP contribution in [0.3, 0.4) is 0 Å². The largest absolute Gasteiger partial charge is 0.462 e. The van der Waals surface area contributed by atoms with Gasteiger partial charge in [-0.15, -0.1) is 0 Å². The first-order chi connectivity index (χ1) is 18.3. The number of ether oxygens (including phenoxy) is 4. The average Bonchev–Trinajstić information content (AvgIpc) is 3.30. The Labute approximate surface area is 227 Å². The van der Waals surface area contributed by atoms with Gasteiger partial charge in [-0.25, -0.2) is 9.59 Å². The average molecular weight is 553 g/mol. The lowest BCUT2D eigenvalue weighted by atomic mass is 9.46. The van der Waals surface area contributed by atoms with Gasteiger partial charge in [-0.1, -0.05) is 26.8 Å². The van der Waals surface area contributed by atoms with E-state index in [9.17, 15) is 34.8 Å². The van der Waals surface area contributed by atoms with E-state index < -0.39 is 60.8 Å². The molecule has 11 heteroatoms. The molecule has 1 saturated heterocycles. The number of fused-ring (bicyclic) bond motifs is 1. The number of allylic oxidation sites excluding steroid dienone is 1.